The van der Waals surface area contributed by atoms with E-state index in [2.05, 4.69) is 23.0 Å². The summed E-state index contributed by atoms with van der Waals surface area (Å²) in [7, 11) is 0. The van der Waals surface area contributed by atoms with Gasteiger partial charge < -0.3 is 19.5 Å². The monoisotopic (exact) mass is 379 g/mol. The molecule has 8 heteroatoms. The summed E-state index contributed by atoms with van der Waals surface area (Å²) in [6.07, 6.45) is 8.01. The van der Waals surface area contributed by atoms with E-state index in [1.54, 1.807) is 12.5 Å². The quantitative estimate of drug-likeness (QED) is 0.599. The second kappa shape index (κ2) is 12.8. The van der Waals surface area contributed by atoms with Crippen molar-refractivity contribution in [2.24, 2.45) is 0 Å². The van der Waals surface area contributed by atoms with Crippen LogP contribution in [0.25, 0.3) is 0 Å². The first kappa shape index (κ1) is 22.6. The topological polar surface area (TPSA) is 105 Å². The lowest BCUT2D eigenvalue weighted by atomic mass is 10.1. The van der Waals surface area contributed by atoms with Gasteiger partial charge in [0.25, 0.3) is 0 Å². The fourth-order valence-corrected chi connectivity index (χ4v) is 2.45. The zero-order chi connectivity index (χ0) is 20.1. The van der Waals surface area contributed by atoms with Crippen molar-refractivity contribution in [3.8, 4) is 0 Å². The number of carboxylic acid groups (broad SMARTS) is 2. The zero-order valence-corrected chi connectivity index (χ0v) is 15.7. The van der Waals surface area contributed by atoms with E-state index in [1.165, 1.54) is 0 Å². The molecular weight excluding hydrogens is 350 g/mol. The highest BCUT2D eigenvalue weighted by Crippen LogP contribution is 2.05. The first-order valence-electron chi connectivity index (χ1n) is 8.98. The number of morpholine rings is 1. The minimum atomic E-state index is -0.911. The minimum absolute atomic E-state index is 0.264. The summed E-state index contributed by atoms with van der Waals surface area (Å²) in [6, 6.07) is 0. The molecule has 0 aromatic carbocycles. The van der Waals surface area contributed by atoms with E-state index in [0.717, 1.165) is 52.2 Å². The Hall–Kier alpha value is -2.45. The lowest BCUT2D eigenvalue weighted by Crippen LogP contribution is -2.36. The molecule has 1 aliphatic rings. The number of aliphatic carboxylic acids is 2. The highest BCUT2D eigenvalue weighted by molar-refractivity contribution is 5.85. The summed E-state index contributed by atoms with van der Waals surface area (Å²) in [6.45, 7) is 12.2. The van der Waals surface area contributed by atoms with Gasteiger partial charge >= 0.3 is 11.9 Å². The molecule has 0 unspecified atom stereocenters. The van der Waals surface area contributed by atoms with Crippen LogP contribution in [0.3, 0.4) is 0 Å². The number of nitrogens with zero attached hydrogens (tertiary/aromatic N) is 3. The number of rotatable bonds is 10. The van der Waals surface area contributed by atoms with Crippen LogP contribution in [0, 0.1) is 0 Å². The molecule has 0 radical (unpaired) electrons. The maximum absolute atomic E-state index is 10.4. The van der Waals surface area contributed by atoms with E-state index >= 15 is 0 Å². The van der Waals surface area contributed by atoms with E-state index in [1.807, 2.05) is 10.8 Å². The summed E-state index contributed by atoms with van der Waals surface area (Å²) in [4.78, 5) is 27.0. The summed E-state index contributed by atoms with van der Waals surface area (Å²) < 4.78 is 7.12. The molecule has 0 atom stereocenters. The largest absolute Gasteiger partial charge is 0.478 e. The SMILES string of the molecule is C=C(CCCN1CCOCC1)C(=O)O.C=C(CCCn1ccnc1)C(=O)O. The number of hydrogen-bond donors (Lipinski definition) is 2. The highest BCUT2D eigenvalue weighted by Gasteiger charge is 2.10. The van der Waals surface area contributed by atoms with Crippen LogP contribution in [0.2, 0.25) is 0 Å². The van der Waals surface area contributed by atoms with Gasteiger partial charge in [-0.1, -0.05) is 13.2 Å². The van der Waals surface area contributed by atoms with Crippen molar-refractivity contribution >= 4 is 11.9 Å². The van der Waals surface area contributed by atoms with Crippen molar-refractivity contribution in [1.82, 2.24) is 14.5 Å². The third-order valence-corrected chi connectivity index (χ3v) is 4.12. The maximum atomic E-state index is 10.4. The van der Waals surface area contributed by atoms with Crippen molar-refractivity contribution in [3.05, 3.63) is 43.0 Å². The number of carbonyl (C=O) groups is 2. The number of hydrogen-bond acceptors (Lipinski definition) is 5. The van der Waals surface area contributed by atoms with Gasteiger partial charge in [0.1, 0.15) is 0 Å². The first-order valence-corrected chi connectivity index (χ1v) is 8.98. The van der Waals surface area contributed by atoms with Crippen molar-refractivity contribution in [3.63, 3.8) is 0 Å². The standard InChI is InChI=1S/C10H17NO3.C9H12N2O2/c1-9(10(12)13)3-2-4-11-5-7-14-8-6-11;1-8(9(12)13)3-2-5-11-6-4-10-7-11/h1-8H2,(H,12,13);4,6-7H,1-3,5H2,(H,12,13). The Morgan fingerprint density at radius 1 is 1.00 bits per heavy atom. The Morgan fingerprint density at radius 2 is 1.56 bits per heavy atom. The van der Waals surface area contributed by atoms with E-state index in [-0.39, 0.29) is 5.57 Å². The molecule has 1 aromatic heterocycles. The van der Waals surface area contributed by atoms with E-state index < -0.39 is 11.9 Å². The van der Waals surface area contributed by atoms with Crippen LogP contribution < -0.4 is 0 Å². The third-order valence-electron chi connectivity index (χ3n) is 4.12. The predicted octanol–water partition coefficient (Wildman–Crippen LogP) is 2.04. The minimum Gasteiger partial charge on any atom is -0.478 e. The Morgan fingerprint density at radius 3 is 2.04 bits per heavy atom. The van der Waals surface area contributed by atoms with Crippen molar-refractivity contribution in [1.29, 1.82) is 0 Å². The van der Waals surface area contributed by atoms with Crippen molar-refractivity contribution < 1.29 is 24.5 Å². The van der Waals surface area contributed by atoms with Crippen LogP contribution in [0.15, 0.2) is 43.0 Å². The Bertz CT molecular complexity index is 607. The summed E-state index contributed by atoms with van der Waals surface area (Å²) in [5, 5.41) is 17.1. The fourth-order valence-electron chi connectivity index (χ4n) is 2.45. The molecule has 0 aliphatic carbocycles. The molecule has 1 aliphatic heterocycles. The smallest absolute Gasteiger partial charge is 0.330 e. The maximum Gasteiger partial charge on any atom is 0.330 e. The van der Waals surface area contributed by atoms with E-state index in [9.17, 15) is 9.59 Å². The second-order valence-electron chi connectivity index (χ2n) is 6.28. The van der Waals surface area contributed by atoms with Gasteiger partial charge in [-0.3, -0.25) is 4.90 Å². The number of ether oxygens (including phenoxy) is 1. The highest BCUT2D eigenvalue weighted by atomic mass is 16.5. The normalized spacial score (nSPS) is 14.1. The van der Waals surface area contributed by atoms with Crippen molar-refractivity contribution in [2.45, 2.75) is 32.2 Å². The second-order valence-corrected chi connectivity index (χ2v) is 6.28. The van der Waals surface area contributed by atoms with E-state index in [4.69, 9.17) is 14.9 Å². The molecule has 27 heavy (non-hydrogen) atoms. The molecule has 150 valence electrons. The van der Waals surface area contributed by atoms with Crippen LogP contribution >= 0.6 is 0 Å². The molecule has 0 saturated carbocycles. The molecule has 0 amide bonds. The number of aromatic nitrogens is 2. The summed E-state index contributed by atoms with van der Waals surface area (Å²) >= 11 is 0. The van der Waals surface area contributed by atoms with Gasteiger partial charge in [-0.2, -0.15) is 0 Å². The first-order chi connectivity index (χ1) is 12.9. The average molecular weight is 379 g/mol. The molecule has 1 fully saturated rings. The zero-order valence-electron chi connectivity index (χ0n) is 15.7. The van der Waals surface area contributed by atoms with Gasteiger partial charge in [0.05, 0.1) is 19.5 Å². The molecule has 0 spiro atoms. The number of carboxylic acids is 2. The Kier molecular flexibility index (Phi) is 10.7. The number of aryl methyl sites for hydroxylation is 1. The average Bonchev–Trinajstić information content (AvgIpc) is 3.16. The molecule has 2 heterocycles. The van der Waals surface area contributed by atoms with Gasteiger partial charge in [-0.15, -0.1) is 0 Å². The van der Waals surface area contributed by atoms with Crippen LogP contribution in [0.4, 0.5) is 0 Å². The molecule has 0 bridgehead atoms. The lowest BCUT2D eigenvalue weighted by Gasteiger charge is -2.26. The van der Waals surface area contributed by atoms with Crippen LogP contribution in [0.1, 0.15) is 25.7 Å². The Balaban J connectivity index is 0.000000271. The predicted molar refractivity (Wildman–Crippen MR) is 102 cm³/mol. The molecule has 2 rings (SSSR count). The van der Waals surface area contributed by atoms with Crippen LogP contribution in [0.5, 0.6) is 0 Å². The molecule has 8 nitrogen and oxygen atoms in total. The molecule has 2 N–H and O–H groups in total. The van der Waals surface area contributed by atoms with Crippen molar-refractivity contribution in [2.75, 3.05) is 32.8 Å². The van der Waals surface area contributed by atoms with E-state index in [0.29, 0.717) is 18.4 Å². The summed E-state index contributed by atoms with van der Waals surface area (Å²) in [5.41, 5.74) is 0.568. The molecular formula is C19H29N3O5. The van der Waals surface area contributed by atoms with Gasteiger partial charge in [0.15, 0.2) is 0 Å². The van der Waals surface area contributed by atoms with Gasteiger partial charge in [0.2, 0.25) is 0 Å². The van der Waals surface area contributed by atoms with Crippen LogP contribution in [-0.4, -0.2) is 69.5 Å². The van der Waals surface area contributed by atoms with Gasteiger partial charge in [-0.05, 0) is 32.2 Å². The van der Waals surface area contributed by atoms with Gasteiger partial charge in [-0.25, -0.2) is 14.6 Å². The molecule has 1 saturated heterocycles. The molecule has 1 aromatic rings. The third kappa shape index (κ3) is 10.3. The number of imidazole rings is 1. The Labute approximate surface area is 159 Å². The fraction of sp³-hybridized carbons (Fsp3) is 0.526. The van der Waals surface area contributed by atoms with Gasteiger partial charge in [0, 0.05) is 43.2 Å². The van der Waals surface area contributed by atoms with Crippen LogP contribution in [-0.2, 0) is 20.9 Å². The lowest BCUT2D eigenvalue weighted by molar-refractivity contribution is -0.133. The summed E-state index contributed by atoms with van der Waals surface area (Å²) in [5.74, 6) is -1.79.